The highest BCUT2D eigenvalue weighted by Crippen LogP contribution is 2.56. The number of hydrogen-bond donors (Lipinski definition) is 3. The molecular formula is C17H23BrN4O3S. The van der Waals surface area contributed by atoms with E-state index in [0.717, 1.165) is 10.8 Å². The summed E-state index contributed by atoms with van der Waals surface area (Å²) >= 11 is 3.48. The predicted molar refractivity (Wildman–Crippen MR) is 107 cm³/mol. The largest absolute Gasteiger partial charge is 0.340 e. The summed E-state index contributed by atoms with van der Waals surface area (Å²) in [5.74, 6) is -0.117. The average Bonchev–Trinajstić information content (AvgIpc) is 2.83. The van der Waals surface area contributed by atoms with Gasteiger partial charge in [-0.25, -0.2) is 0 Å². The molecule has 142 valence electrons. The van der Waals surface area contributed by atoms with Gasteiger partial charge in [-0.1, -0.05) is 12.1 Å². The summed E-state index contributed by atoms with van der Waals surface area (Å²) in [6, 6.07) is 5.21. The minimum atomic E-state index is -3.23. The lowest BCUT2D eigenvalue weighted by Crippen LogP contribution is -2.43. The van der Waals surface area contributed by atoms with Crippen molar-refractivity contribution < 1.29 is 13.9 Å². The molecule has 0 bridgehead atoms. The quantitative estimate of drug-likeness (QED) is 0.674. The predicted octanol–water partition coefficient (Wildman–Crippen LogP) is 2.90. The Morgan fingerprint density at radius 1 is 1.38 bits per heavy atom. The van der Waals surface area contributed by atoms with Gasteiger partial charge in [-0.3, -0.25) is 18.9 Å². The zero-order valence-corrected chi connectivity index (χ0v) is 16.9. The van der Waals surface area contributed by atoms with Crippen LogP contribution in [0.1, 0.15) is 13.3 Å². The van der Waals surface area contributed by atoms with Gasteiger partial charge in [-0.15, -0.1) is 10.8 Å². The van der Waals surface area contributed by atoms with E-state index < -0.39 is 10.8 Å². The molecule has 1 saturated heterocycles. The first-order valence-corrected chi connectivity index (χ1v) is 10.7. The van der Waals surface area contributed by atoms with Gasteiger partial charge in [0.05, 0.1) is 11.4 Å². The fraction of sp³-hybridized carbons (Fsp3) is 0.412. The molecule has 9 heteroatoms. The molecule has 4 N–H and O–H groups in total. The summed E-state index contributed by atoms with van der Waals surface area (Å²) < 4.78 is 24.8. The van der Waals surface area contributed by atoms with Gasteiger partial charge in [0.15, 0.2) is 0 Å². The van der Waals surface area contributed by atoms with Gasteiger partial charge in [0.2, 0.25) is 5.91 Å². The van der Waals surface area contributed by atoms with Crippen LogP contribution in [0.4, 0.5) is 0 Å². The van der Waals surface area contributed by atoms with Crippen LogP contribution in [0.5, 0.6) is 0 Å². The molecule has 0 saturated carbocycles. The zero-order chi connectivity index (χ0) is 18.9. The van der Waals surface area contributed by atoms with E-state index in [1.165, 1.54) is 0 Å². The maximum atomic E-state index is 12.0. The molecule has 0 radical (unpaired) electrons. The Kier molecular flexibility index (Phi) is 5.85. The van der Waals surface area contributed by atoms with Gasteiger partial charge in [-0.2, -0.15) is 4.31 Å². The van der Waals surface area contributed by atoms with Crippen molar-refractivity contribution >= 4 is 43.4 Å². The van der Waals surface area contributed by atoms with Crippen molar-refractivity contribution in [1.29, 1.82) is 0 Å². The normalized spacial score (nSPS) is 20.2. The topological polar surface area (TPSA) is 103 Å². The second kappa shape index (κ2) is 7.79. The lowest BCUT2D eigenvalue weighted by molar-refractivity contribution is -0.129. The van der Waals surface area contributed by atoms with Crippen molar-refractivity contribution in [2.24, 2.45) is 5.73 Å². The number of amides is 1. The molecule has 0 spiro atoms. The number of pyridine rings is 1. The third-order valence-corrected chi connectivity index (χ3v) is 7.36. The maximum absolute atomic E-state index is 12.0. The number of carbonyl (C=O) groups excluding carboxylic acids is 1. The van der Waals surface area contributed by atoms with Crippen molar-refractivity contribution in [3.8, 4) is 0 Å². The minimum Gasteiger partial charge on any atom is -0.340 e. The van der Waals surface area contributed by atoms with E-state index in [1.807, 2.05) is 13.0 Å². The molecule has 2 aromatic rings. The molecule has 1 amide bonds. The van der Waals surface area contributed by atoms with Crippen molar-refractivity contribution in [1.82, 2.24) is 14.2 Å². The van der Waals surface area contributed by atoms with E-state index in [9.17, 15) is 13.9 Å². The van der Waals surface area contributed by atoms with E-state index in [-0.39, 0.29) is 18.5 Å². The fourth-order valence-corrected chi connectivity index (χ4v) is 6.05. The Bertz CT molecular complexity index is 814. The third kappa shape index (κ3) is 3.60. The van der Waals surface area contributed by atoms with Crippen LogP contribution in [0.15, 0.2) is 40.0 Å². The summed E-state index contributed by atoms with van der Waals surface area (Å²) in [4.78, 5) is 18.3. The number of carbonyl (C=O) groups is 1. The van der Waals surface area contributed by atoms with Crippen LogP contribution in [-0.4, -0.2) is 61.4 Å². The summed E-state index contributed by atoms with van der Waals surface area (Å²) in [5.41, 5.74) is 5.48. The summed E-state index contributed by atoms with van der Waals surface area (Å²) in [7, 11) is -3.23. The van der Waals surface area contributed by atoms with Crippen molar-refractivity contribution in [3.63, 3.8) is 0 Å². The van der Waals surface area contributed by atoms with E-state index in [1.54, 1.807) is 33.7 Å². The number of benzene rings is 1. The zero-order valence-electron chi connectivity index (χ0n) is 14.5. The molecule has 7 nitrogen and oxygen atoms in total. The molecule has 26 heavy (non-hydrogen) atoms. The highest BCUT2D eigenvalue weighted by molar-refractivity contribution is 9.10. The lowest BCUT2D eigenvalue weighted by Gasteiger charge is -2.46. The fourth-order valence-electron chi connectivity index (χ4n) is 3.39. The number of hydrogen-bond acceptors (Lipinski definition) is 6. The molecule has 3 rings (SSSR count). The molecule has 2 heterocycles. The first-order valence-electron chi connectivity index (χ1n) is 8.41. The highest BCUT2D eigenvalue weighted by atomic mass is 79.9. The van der Waals surface area contributed by atoms with Crippen LogP contribution in [0.2, 0.25) is 0 Å². The van der Waals surface area contributed by atoms with E-state index in [0.29, 0.717) is 35.4 Å². The van der Waals surface area contributed by atoms with Gasteiger partial charge in [-0.05, 0) is 35.3 Å². The molecule has 1 aliphatic heterocycles. The van der Waals surface area contributed by atoms with E-state index in [2.05, 4.69) is 20.9 Å². The van der Waals surface area contributed by atoms with Crippen molar-refractivity contribution in [2.75, 3.05) is 26.2 Å². The third-order valence-electron chi connectivity index (χ3n) is 4.63. The van der Waals surface area contributed by atoms with Crippen LogP contribution in [-0.2, 0) is 4.79 Å². The maximum Gasteiger partial charge on any atom is 0.236 e. The van der Waals surface area contributed by atoms with Crippen molar-refractivity contribution in [3.05, 3.63) is 35.1 Å². The molecule has 0 unspecified atom stereocenters. The highest BCUT2D eigenvalue weighted by Gasteiger charge is 2.34. The van der Waals surface area contributed by atoms with Gasteiger partial charge in [0.25, 0.3) is 0 Å². The first-order chi connectivity index (χ1) is 12.4. The van der Waals surface area contributed by atoms with Crippen LogP contribution in [0.3, 0.4) is 0 Å². The van der Waals surface area contributed by atoms with Crippen LogP contribution >= 0.6 is 26.7 Å². The Balaban J connectivity index is 1.99. The molecule has 1 aromatic carbocycles. The van der Waals surface area contributed by atoms with E-state index in [4.69, 9.17) is 5.73 Å². The molecular weight excluding hydrogens is 420 g/mol. The van der Waals surface area contributed by atoms with Crippen LogP contribution in [0.25, 0.3) is 10.8 Å². The Morgan fingerprint density at radius 2 is 2.15 bits per heavy atom. The molecule has 1 atom stereocenters. The van der Waals surface area contributed by atoms with Crippen molar-refractivity contribution in [2.45, 2.75) is 24.3 Å². The summed E-state index contributed by atoms with van der Waals surface area (Å²) in [6.07, 6.45) is 4.00. The second-order valence-corrected chi connectivity index (χ2v) is 9.18. The number of fused-ring (bicyclic) bond motifs is 1. The number of nitrogens with zero attached hydrogens (tertiary/aromatic N) is 3. The van der Waals surface area contributed by atoms with Gasteiger partial charge in [0.1, 0.15) is 0 Å². The average molecular weight is 443 g/mol. The summed E-state index contributed by atoms with van der Waals surface area (Å²) in [5, 5.41) is 1.58. The second-order valence-electron chi connectivity index (χ2n) is 6.38. The number of rotatable bonds is 3. The number of aromatic nitrogens is 1. The van der Waals surface area contributed by atoms with Gasteiger partial charge < -0.3 is 10.6 Å². The standard InChI is InChI=1S/C17H23BrN4O3S/c1-12-11-21(16(23)8-19)6-3-7-22(12)26(24,25)15-5-2-4-13-9-20-10-14(18)17(13)15/h2,4-5,9-10,12,24-25H,3,6-8,11,19H2,1H3/t12-/m0/s1. The van der Waals surface area contributed by atoms with Crippen LogP contribution in [0, 0.1) is 0 Å². The minimum absolute atomic E-state index is 0.0355. The van der Waals surface area contributed by atoms with Gasteiger partial charge in [0, 0.05) is 53.3 Å². The first kappa shape index (κ1) is 19.5. The smallest absolute Gasteiger partial charge is 0.236 e. The van der Waals surface area contributed by atoms with Gasteiger partial charge >= 0.3 is 0 Å². The van der Waals surface area contributed by atoms with Crippen LogP contribution < -0.4 is 5.73 Å². The SMILES string of the molecule is C[C@H]1CN(C(=O)CN)CCCN1S(O)(O)c1cccc2cncc(Br)c12. The molecule has 0 aliphatic carbocycles. The Hall–Kier alpha value is -1.23. The Labute approximate surface area is 162 Å². The Morgan fingerprint density at radius 3 is 2.88 bits per heavy atom. The van der Waals surface area contributed by atoms with E-state index >= 15 is 0 Å². The number of halogens is 1. The number of nitrogens with two attached hydrogens (primary N) is 1. The summed E-state index contributed by atoms with van der Waals surface area (Å²) in [6.45, 7) is 3.33. The molecule has 1 aromatic heterocycles. The molecule has 1 aliphatic rings. The monoisotopic (exact) mass is 442 g/mol. The molecule has 1 fully saturated rings. The lowest BCUT2D eigenvalue weighted by atomic mass is 10.2.